The van der Waals surface area contributed by atoms with Crippen molar-refractivity contribution in [1.29, 1.82) is 0 Å². The highest BCUT2D eigenvalue weighted by Gasteiger charge is 2.34. The van der Waals surface area contributed by atoms with Gasteiger partial charge >= 0.3 is 0 Å². The molecule has 1 aliphatic rings. The van der Waals surface area contributed by atoms with Crippen molar-refractivity contribution in [2.24, 2.45) is 7.05 Å². The number of hydrogen-bond acceptors (Lipinski definition) is 5. The van der Waals surface area contributed by atoms with Gasteiger partial charge in [0.2, 0.25) is 10.0 Å². The first-order valence-electron chi connectivity index (χ1n) is 7.82. The Bertz CT molecular complexity index is 976. The largest absolute Gasteiger partial charge is 0.274 e. The predicted molar refractivity (Wildman–Crippen MR) is 93.2 cm³/mol. The van der Waals surface area contributed by atoms with Gasteiger partial charge in [0.1, 0.15) is 9.79 Å². The Morgan fingerprint density at radius 3 is 2.16 bits per heavy atom. The maximum absolute atomic E-state index is 13.0. The fourth-order valence-electron chi connectivity index (χ4n) is 2.79. The zero-order valence-electron chi connectivity index (χ0n) is 14.0. The average molecular weight is 384 g/mol. The van der Waals surface area contributed by atoms with Crippen LogP contribution in [-0.2, 0) is 27.1 Å². The zero-order chi connectivity index (χ0) is 18.2. The van der Waals surface area contributed by atoms with Crippen molar-refractivity contribution in [1.82, 2.24) is 14.1 Å². The summed E-state index contributed by atoms with van der Waals surface area (Å²) >= 11 is 0. The molecule has 10 heteroatoms. The van der Waals surface area contributed by atoms with Crippen molar-refractivity contribution in [3.63, 3.8) is 0 Å². The van der Waals surface area contributed by atoms with E-state index in [1.165, 1.54) is 40.3 Å². The average Bonchev–Trinajstić information content (AvgIpc) is 3.26. The van der Waals surface area contributed by atoms with Gasteiger partial charge in [-0.2, -0.15) is 9.40 Å². The van der Waals surface area contributed by atoms with E-state index < -0.39 is 20.0 Å². The molecule has 0 saturated carbocycles. The highest BCUT2D eigenvalue weighted by Crippen LogP contribution is 2.29. The molecule has 0 amide bonds. The van der Waals surface area contributed by atoms with Crippen LogP contribution in [0.25, 0.3) is 0 Å². The lowest BCUT2D eigenvalue weighted by Gasteiger charge is -2.21. The second kappa shape index (κ2) is 6.43. The molecule has 0 radical (unpaired) electrons. The van der Waals surface area contributed by atoms with Crippen LogP contribution < -0.4 is 4.31 Å². The highest BCUT2D eigenvalue weighted by molar-refractivity contribution is 7.94. The lowest BCUT2D eigenvalue weighted by atomic mass is 10.4. The standard InChI is InChI=1S/C15H20N4O4S2/c1-17-12-9-15(16-17)18(2)24(20,21)13-7-3-4-8-14(13)25(22,23)19-10-5-6-11-19/h3-4,7-9,12H,5-6,10-11H2,1-2H3. The quantitative estimate of drug-likeness (QED) is 0.768. The van der Waals surface area contributed by atoms with Crippen LogP contribution in [0.2, 0.25) is 0 Å². The van der Waals surface area contributed by atoms with Gasteiger partial charge in [-0.1, -0.05) is 12.1 Å². The number of benzene rings is 1. The van der Waals surface area contributed by atoms with Crippen molar-refractivity contribution < 1.29 is 16.8 Å². The lowest BCUT2D eigenvalue weighted by molar-refractivity contribution is 0.475. The molecule has 1 fully saturated rings. The lowest BCUT2D eigenvalue weighted by Crippen LogP contribution is -2.32. The Hall–Kier alpha value is -1.91. The summed E-state index contributed by atoms with van der Waals surface area (Å²) in [6.07, 6.45) is 3.18. The van der Waals surface area contributed by atoms with E-state index in [0.717, 1.165) is 17.1 Å². The van der Waals surface area contributed by atoms with Crippen LogP contribution in [0.3, 0.4) is 0 Å². The molecule has 0 atom stereocenters. The van der Waals surface area contributed by atoms with Crippen LogP contribution in [0.5, 0.6) is 0 Å². The van der Waals surface area contributed by atoms with Gasteiger partial charge in [-0.05, 0) is 25.0 Å². The van der Waals surface area contributed by atoms with E-state index in [9.17, 15) is 16.8 Å². The van der Waals surface area contributed by atoms with E-state index >= 15 is 0 Å². The second-order valence-corrected chi connectivity index (χ2v) is 9.72. The molecule has 0 unspecified atom stereocenters. The topological polar surface area (TPSA) is 92.6 Å². The maximum atomic E-state index is 13.0. The van der Waals surface area contributed by atoms with E-state index in [-0.39, 0.29) is 15.6 Å². The molecule has 3 rings (SSSR count). The first kappa shape index (κ1) is 17.9. The fourth-order valence-corrected chi connectivity index (χ4v) is 6.22. The number of aryl methyl sites for hydroxylation is 1. The van der Waals surface area contributed by atoms with E-state index in [4.69, 9.17) is 0 Å². The summed E-state index contributed by atoms with van der Waals surface area (Å²) in [5.74, 6) is 0.218. The molecular formula is C15H20N4O4S2. The number of aromatic nitrogens is 2. The van der Waals surface area contributed by atoms with Gasteiger partial charge in [0.25, 0.3) is 10.0 Å². The highest BCUT2D eigenvalue weighted by atomic mass is 32.2. The van der Waals surface area contributed by atoms with Gasteiger partial charge in [-0.15, -0.1) is 0 Å². The minimum absolute atomic E-state index is 0.195. The Morgan fingerprint density at radius 2 is 1.60 bits per heavy atom. The molecule has 136 valence electrons. The number of rotatable bonds is 5. The third kappa shape index (κ3) is 3.16. The third-order valence-corrected chi connectivity index (χ3v) is 8.10. The SMILES string of the molecule is CN(c1ccn(C)n1)S(=O)(=O)c1ccccc1S(=O)(=O)N1CCCC1. The first-order valence-corrected chi connectivity index (χ1v) is 10.7. The molecule has 0 spiro atoms. The number of sulfonamides is 2. The third-order valence-electron chi connectivity index (χ3n) is 4.19. The van der Waals surface area contributed by atoms with Crippen molar-refractivity contribution in [3.05, 3.63) is 36.5 Å². The Balaban J connectivity index is 2.09. The van der Waals surface area contributed by atoms with E-state index in [2.05, 4.69) is 5.10 Å². The summed E-state index contributed by atoms with van der Waals surface area (Å²) in [6.45, 7) is 0.819. The Morgan fingerprint density at radius 1 is 1.00 bits per heavy atom. The van der Waals surface area contributed by atoms with E-state index in [1.54, 1.807) is 19.3 Å². The van der Waals surface area contributed by atoms with Crippen LogP contribution in [0.4, 0.5) is 5.82 Å². The normalized spacial score (nSPS) is 16.2. The van der Waals surface area contributed by atoms with Crippen LogP contribution in [0.15, 0.2) is 46.3 Å². The van der Waals surface area contributed by atoms with Gasteiger partial charge in [0.05, 0.1) is 0 Å². The van der Waals surface area contributed by atoms with Crippen LogP contribution in [0.1, 0.15) is 12.8 Å². The second-order valence-electron chi connectivity index (χ2n) is 5.88. The van der Waals surface area contributed by atoms with E-state index in [0.29, 0.717) is 13.1 Å². The van der Waals surface area contributed by atoms with Crippen LogP contribution in [-0.4, -0.2) is 51.1 Å². The molecule has 1 aromatic carbocycles. The Kier molecular flexibility index (Phi) is 4.60. The molecule has 8 nitrogen and oxygen atoms in total. The number of anilines is 1. The molecule has 2 heterocycles. The number of nitrogens with zero attached hydrogens (tertiary/aromatic N) is 4. The summed E-state index contributed by atoms with van der Waals surface area (Å²) < 4.78 is 55.6. The molecule has 1 aromatic heterocycles. The van der Waals surface area contributed by atoms with Crippen molar-refractivity contribution in [3.8, 4) is 0 Å². The maximum Gasteiger partial charge on any atom is 0.266 e. The molecular weight excluding hydrogens is 364 g/mol. The van der Waals surface area contributed by atoms with Crippen LogP contribution >= 0.6 is 0 Å². The van der Waals surface area contributed by atoms with Crippen molar-refractivity contribution in [2.45, 2.75) is 22.6 Å². The molecule has 2 aromatic rings. The molecule has 1 aliphatic heterocycles. The molecule has 0 N–H and O–H groups in total. The zero-order valence-corrected chi connectivity index (χ0v) is 15.7. The predicted octanol–water partition coefficient (Wildman–Crippen LogP) is 1.03. The van der Waals surface area contributed by atoms with Crippen LogP contribution in [0, 0.1) is 0 Å². The first-order chi connectivity index (χ1) is 11.7. The van der Waals surface area contributed by atoms with Gasteiger partial charge < -0.3 is 0 Å². The molecule has 0 aliphatic carbocycles. The van der Waals surface area contributed by atoms with Crippen molar-refractivity contribution in [2.75, 3.05) is 24.4 Å². The summed E-state index contributed by atoms with van der Waals surface area (Å²) in [6, 6.07) is 7.25. The van der Waals surface area contributed by atoms with Gasteiger partial charge in [0.15, 0.2) is 5.82 Å². The molecule has 25 heavy (non-hydrogen) atoms. The monoisotopic (exact) mass is 384 g/mol. The summed E-state index contributed by atoms with van der Waals surface area (Å²) in [4.78, 5) is -0.435. The van der Waals surface area contributed by atoms with Gasteiger partial charge in [-0.3, -0.25) is 8.99 Å². The smallest absolute Gasteiger partial charge is 0.266 e. The molecule has 0 bridgehead atoms. The summed E-state index contributed by atoms with van der Waals surface area (Å²) in [5.41, 5.74) is 0. The molecule has 1 saturated heterocycles. The Labute approximate surface area is 147 Å². The van der Waals surface area contributed by atoms with Gasteiger partial charge in [0, 0.05) is 39.4 Å². The summed E-state index contributed by atoms with van der Waals surface area (Å²) in [5, 5.41) is 4.08. The fraction of sp³-hybridized carbons (Fsp3) is 0.400. The summed E-state index contributed by atoms with van der Waals surface area (Å²) in [7, 11) is -4.90. The number of hydrogen-bond donors (Lipinski definition) is 0. The minimum atomic E-state index is -4.07. The van der Waals surface area contributed by atoms with Crippen molar-refractivity contribution >= 4 is 25.9 Å². The van der Waals surface area contributed by atoms with Gasteiger partial charge in [-0.25, -0.2) is 16.8 Å². The van der Waals surface area contributed by atoms with E-state index in [1.807, 2.05) is 0 Å². The minimum Gasteiger partial charge on any atom is -0.274 e.